The Morgan fingerprint density at radius 3 is 2.63 bits per heavy atom. The Hall–Kier alpha value is -2.62. The van der Waals surface area contributed by atoms with Gasteiger partial charge in [-0.1, -0.05) is 11.8 Å². The Morgan fingerprint density at radius 1 is 1.26 bits per heavy atom. The van der Waals surface area contributed by atoms with Crippen molar-refractivity contribution in [3.05, 3.63) is 35.9 Å². The Morgan fingerprint density at radius 2 is 1.96 bits per heavy atom. The molecule has 1 aromatic carbocycles. The number of nitrogens with zero attached hydrogens (tertiary/aromatic N) is 4. The maximum Gasteiger partial charge on any atom is 0.328 e. The van der Waals surface area contributed by atoms with Crippen LogP contribution in [0.3, 0.4) is 0 Å². The van der Waals surface area contributed by atoms with Crippen molar-refractivity contribution in [2.45, 2.75) is 38.1 Å². The Balaban J connectivity index is 1.77. The van der Waals surface area contributed by atoms with Crippen LogP contribution in [0.25, 0.3) is 0 Å². The molecule has 144 valence electrons. The second-order valence-electron chi connectivity index (χ2n) is 6.78. The van der Waals surface area contributed by atoms with E-state index in [1.807, 2.05) is 0 Å². The molecule has 10 heteroatoms. The summed E-state index contributed by atoms with van der Waals surface area (Å²) in [5, 5.41) is 9.82. The number of hydrogen-bond donors (Lipinski definition) is 0. The van der Waals surface area contributed by atoms with Crippen molar-refractivity contribution in [2.75, 3.05) is 17.3 Å². The fourth-order valence-electron chi connectivity index (χ4n) is 2.36. The molecule has 0 saturated carbocycles. The molecule has 1 aliphatic rings. The van der Waals surface area contributed by atoms with Crippen LogP contribution in [-0.2, 0) is 20.9 Å². The second-order valence-corrected chi connectivity index (χ2v) is 7.72. The highest BCUT2D eigenvalue weighted by molar-refractivity contribution is 7.99. The lowest BCUT2D eigenvalue weighted by Crippen LogP contribution is -2.49. The first kappa shape index (κ1) is 19.2. The number of carbonyl (C=O) groups is 2. The molecule has 1 aromatic heterocycles. The molecule has 0 aliphatic carbocycles. The zero-order chi connectivity index (χ0) is 19.6. The first-order valence-corrected chi connectivity index (χ1v) is 9.19. The van der Waals surface area contributed by atoms with Crippen LogP contribution in [0, 0.1) is 5.82 Å². The van der Waals surface area contributed by atoms with Crippen LogP contribution in [0.4, 0.5) is 4.39 Å². The maximum atomic E-state index is 13.0. The fourth-order valence-corrected chi connectivity index (χ4v) is 3.19. The molecule has 0 bridgehead atoms. The molecule has 0 N–H and O–H groups in total. The van der Waals surface area contributed by atoms with Gasteiger partial charge in [-0.05, 0) is 45.0 Å². The number of amides is 1. The normalized spacial score (nSPS) is 14.1. The molecular formula is C17H19FN4O4S. The number of halogens is 1. The maximum absolute atomic E-state index is 13.0. The molecule has 2 heterocycles. The van der Waals surface area contributed by atoms with E-state index >= 15 is 0 Å². The lowest BCUT2D eigenvalue weighted by atomic mass is 10.2. The summed E-state index contributed by atoms with van der Waals surface area (Å²) in [6.45, 7) is 5.00. The summed E-state index contributed by atoms with van der Waals surface area (Å²) in [5.74, 6) is -0.220. The van der Waals surface area contributed by atoms with Crippen molar-refractivity contribution in [1.82, 2.24) is 14.9 Å². The topological polar surface area (TPSA) is 86.6 Å². The van der Waals surface area contributed by atoms with Crippen molar-refractivity contribution < 1.29 is 23.5 Å². The highest BCUT2D eigenvalue weighted by atomic mass is 32.2. The fraction of sp³-hybridized carbons (Fsp3) is 0.412. The molecule has 8 nitrogen and oxygen atoms in total. The monoisotopic (exact) mass is 394 g/mol. The van der Waals surface area contributed by atoms with Gasteiger partial charge in [0, 0.05) is 0 Å². The number of aromatic nitrogens is 3. The van der Waals surface area contributed by atoms with Crippen LogP contribution in [0.5, 0.6) is 5.75 Å². The van der Waals surface area contributed by atoms with E-state index < -0.39 is 11.6 Å². The van der Waals surface area contributed by atoms with E-state index in [4.69, 9.17) is 9.47 Å². The Labute approximate surface area is 159 Å². The molecule has 0 fully saturated rings. The van der Waals surface area contributed by atoms with Crippen LogP contribution >= 0.6 is 11.8 Å². The van der Waals surface area contributed by atoms with E-state index in [1.165, 1.54) is 45.7 Å². The molecule has 0 saturated heterocycles. The minimum absolute atomic E-state index is 0.00269. The molecule has 1 amide bonds. The molecule has 0 atom stereocenters. The van der Waals surface area contributed by atoms with Gasteiger partial charge in [-0.25, -0.2) is 14.1 Å². The van der Waals surface area contributed by atoms with Gasteiger partial charge in [-0.2, -0.15) is 0 Å². The van der Waals surface area contributed by atoms with Crippen molar-refractivity contribution in [3.8, 4) is 5.75 Å². The van der Waals surface area contributed by atoms with Crippen molar-refractivity contribution in [2.24, 2.45) is 0 Å². The molecule has 0 spiro atoms. The molecule has 3 rings (SSSR count). The van der Waals surface area contributed by atoms with Crippen LogP contribution < -0.4 is 9.75 Å². The van der Waals surface area contributed by atoms with Crippen molar-refractivity contribution in [1.29, 1.82) is 0 Å². The van der Waals surface area contributed by atoms with Gasteiger partial charge in [0.05, 0.1) is 5.75 Å². The van der Waals surface area contributed by atoms with E-state index in [-0.39, 0.29) is 30.6 Å². The van der Waals surface area contributed by atoms with Crippen molar-refractivity contribution in [3.63, 3.8) is 0 Å². The van der Waals surface area contributed by atoms with Gasteiger partial charge in [0.1, 0.15) is 30.3 Å². The van der Waals surface area contributed by atoms with Crippen LogP contribution in [0.2, 0.25) is 0 Å². The molecule has 2 aromatic rings. The zero-order valence-corrected chi connectivity index (χ0v) is 16.0. The number of rotatable bonds is 5. The van der Waals surface area contributed by atoms with E-state index in [1.54, 1.807) is 20.8 Å². The average molecular weight is 394 g/mol. The van der Waals surface area contributed by atoms with Gasteiger partial charge >= 0.3 is 5.97 Å². The molecule has 27 heavy (non-hydrogen) atoms. The summed E-state index contributed by atoms with van der Waals surface area (Å²) in [6.07, 6.45) is 0. The average Bonchev–Trinajstić information content (AvgIpc) is 2.99. The molecule has 0 unspecified atom stereocenters. The summed E-state index contributed by atoms with van der Waals surface area (Å²) < 4.78 is 25.3. The van der Waals surface area contributed by atoms with Gasteiger partial charge in [0.15, 0.2) is 5.82 Å². The first-order chi connectivity index (χ1) is 12.7. The van der Waals surface area contributed by atoms with Crippen LogP contribution in [0.1, 0.15) is 26.6 Å². The van der Waals surface area contributed by atoms with Crippen LogP contribution in [-0.4, -0.2) is 44.6 Å². The molecular weight excluding hydrogens is 375 g/mol. The summed E-state index contributed by atoms with van der Waals surface area (Å²) in [4.78, 5) is 24.5. The molecule has 0 radical (unpaired) electrons. The third-order valence-corrected chi connectivity index (χ3v) is 4.32. The summed E-state index contributed by atoms with van der Waals surface area (Å²) in [7, 11) is 0. The predicted molar refractivity (Wildman–Crippen MR) is 95.4 cm³/mol. The van der Waals surface area contributed by atoms with E-state index in [9.17, 15) is 14.0 Å². The predicted octanol–water partition coefficient (Wildman–Crippen LogP) is 1.91. The second kappa shape index (κ2) is 7.55. The van der Waals surface area contributed by atoms with Gasteiger partial charge in [-0.15, -0.1) is 10.2 Å². The number of fused-ring (bicyclic) bond motifs is 1. The quantitative estimate of drug-likeness (QED) is 0.716. The Kier molecular flexibility index (Phi) is 5.36. The number of esters is 1. The first-order valence-electron chi connectivity index (χ1n) is 8.21. The summed E-state index contributed by atoms with van der Waals surface area (Å²) in [5.41, 5.74) is -0.658. The summed E-state index contributed by atoms with van der Waals surface area (Å²) >= 11 is 1.23. The number of benzene rings is 1. The number of ether oxygens (including phenoxy) is 2. The third kappa shape index (κ3) is 4.76. The third-order valence-electron chi connectivity index (χ3n) is 3.41. The molecule has 1 aliphatic heterocycles. The highest BCUT2D eigenvalue weighted by Crippen LogP contribution is 2.24. The largest absolute Gasteiger partial charge is 0.486 e. The zero-order valence-electron chi connectivity index (χ0n) is 15.1. The lowest BCUT2D eigenvalue weighted by Gasteiger charge is -2.29. The summed E-state index contributed by atoms with van der Waals surface area (Å²) in [6, 6.07) is 5.54. The van der Waals surface area contributed by atoms with Gasteiger partial charge in [0.25, 0.3) is 5.91 Å². The smallest absolute Gasteiger partial charge is 0.328 e. The number of carbonyl (C=O) groups excluding carboxylic acids is 2. The standard InChI is InChI=1S/C17H19FN4O4S/c1-17(2,3)26-15(24)8-21-14(23)10-27-16-20-19-13(22(16)21)9-25-12-6-4-11(18)5-7-12/h4-7H,8-10H2,1-3H3. The number of hydrogen-bond acceptors (Lipinski definition) is 7. The van der Waals surface area contributed by atoms with Gasteiger partial charge < -0.3 is 9.47 Å². The highest BCUT2D eigenvalue weighted by Gasteiger charge is 2.32. The van der Waals surface area contributed by atoms with E-state index in [0.29, 0.717) is 16.7 Å². The minimum atomic E-state index is -0.658. The lowest BCUT2D eigenvalue weighted by molar-refractivity contribution is -0.154. The van der Waals surface area contributed by atoms with Crippen LogP contribution in [0.15, 0.2) is 29.4 Å². The van der Waals surface area contributed by atoms with Gasteiger partial charge in [0.2, 0.25) is 5.16 Å². The van der Waals surface area contributed by atoms with Crippen molar-refractivity contribution >= 4 is 23.6 Å². The Bertz CT molecular complexity index is 848. The minimum Gasteiger partial charge on any atom is -0.486 e. The van der Waals surface area contributed by atoms with Gasteiger partial charge in [-0.3, -0.25) is 9.59 Å². The van der Waals surface area contributed by atoms with E-state index in [2.05, 4.69) is 10.2 Å². The number of thioether (sulfide) groups is 1. The van der Waals surface area contributed by atoms with E-state index in [0.717, 1.165) is 0 Å². The SMILES string of the molecule is CC(C)(C)OC(=O)CN1C(=O)CSc2nnc(COc3ccc(F)cc3)n21.